The van der Waals surface area contributed by atoms with Gasteiger partial charge in [-0.2, -0.15) is 0 Å². The Balaban J connectivity index is 2.36. The number of hydrogen-bond acceptors (Lipinski definition) is 2. The first-order valence-corrected chi connectivity index (χ1v) is 7.78. The smallest absolute Gasteiger partial charge is 0.223 e. The quantitative estimate of drug-likeness (QED) is 0.606. The summed E-state index contributed by atoms with van der Waals surface area (Å²) in [5.41, 5.74) is 3.10. The summed E-state index contributed by atoms with van der Waals surface area (Å²) in [6.45, 7) is 4.06. The van der Waals surface area contributed by atoms with Gasteiger partial charge in [-0.25, -0.2) is 4.98 Å². The average molecular weight is 406 g/mol. The van der Waals surface area contributed by atoms with Crippen LogP contribution in [0, 0.1) is 13.8 Å². The molecule has 0 atom stereocenters. The third-order valence-corrected chi connectivity index (χ3v) is 4.63. The van der Waals surface area contributed by atoms with Crippen molar-refractivity contribution in [3.05, 3.63) is 50.0 Å². The molecule has 100 valence electrons. The minimum Gasteiger partial charge on any atom is -0.439 e. The van der Waals surface area contributed by atoms with Crippen LogP contribution in [-0.2, 0) is 5.88 Å². The number of aryl methyl sites for hydroxylation is 2. The van der Waals surface area contributed by atoms with Crippen LogP contribution in [0.15, 0.2) is 33.3 Å². The Hall–Kier alpha value is -0.580. The molecule has 0 bridgehead atoms. The molecular weight excluding hydrogens is 393 g/mol. The van der Waals surface area contributed by atoms with Crippen molar-refractivity contribution >= 4 is 43.5 Å². The van der Waals surface area contributed by atoms with E-state index in [0.29, 0.717) is 11.8 Å². The van der Waals surface area contributed by atoms with Gasteiger partial charge in [0.25, 0.3) is 0 Å². The summed E-state index contributed by atoms with van der Waals surface area (Å²) in [4.78, 5) is 4.26. The van der Waals surface area contributed by atoms with E-state index < -0.39 is 0 Å². The Bertz CT molecular complexity index is 593. The fourth-order valence-corrected chi connectivity index (χ4v) is 2.53. The van der Waals surface area contributed by atoms with Gasteiger partial charge in [0.2, 0.25) is 5.88 Å². The highest BCUT2D eigenvalue weighted by molar-refractivity contribution is 9.10. The first kappa shape index (κ1) is 14.8. The van der Waals surface area contributed by atoms with Crippen molar-refractivity contribution in [3.63, 3.8) is 0 Å². The highest BCUT2D eigenvalue weighted by Gasteiger charge is 2.09. The molecule has 2 rings (SSSR count). The van der Waals surface area contributed by atoms with Gasteiger partial charge >= 0.3 is 0 Å². The number of benzene rings is 1. The Morgan fingerprint density at radius 2 is 1.79 bits per heavy atom. The second kappa shape index (κ2) is 6.25. The van der Waals surface area contributed by atoms with Crippen LogP contribution in [0.5, 0.6) is 11.6 Å². The Morgan fingerprint density at radius 1 is 1.16 bits per heavy atom. The number of alkyl halides is 1. The molecule has 0 fully saturated rings. The van der Waals surface area contributed by atoms with Crippen LogP contribution in [0.1, 0.15) is 16.7 Å². The van der Waals surface area contributed by atoms with Gasteiger partial charge in [-0.15, -0.1) is 11.6 Å². The Kier molecular flexibility index (Phi) is 4.87. The molecule has 1 heterocycles. The van der Waals surface area contributed by atoms with E-state index in [0.717, 1.165) is 31.4 Å². The average Bonchev–Trinajstić information content (AvgIpc) is 2.38. The van der Waals surface area contributed by atoms with Crippen LogP contribution < -0.4 is 4.74 Å². The number of pyridine rings is 1. The summed E-state index contributed by atoms with van der Waals surface area (Å²) in [5, 5.41) is 0. The summed E-state index contributed by atoms with van der Waals surface area (Å²) >= 11 is 12.8. The van der Waals surface area contributed by atoms with Crippen molar-refractivity contribution in [3.8, 4) is 11.6 Å². The normalized spacial score (nSPS) is 10.6. The lowest BCUT2D eigenvalue weighted by atomic mass is 10.1. The lowest BCUT2D eigenvalue weighted by Gasteiger charge is -2.11. The maximum atomic E-state index is 5.91. The van der Waals surface area contributed by atoms with Crippen LogP contribution in [0.2, 0.25) is 0 Å². The first-order chi connectivity index (χ1) is 9.01. The Morgan fingerprint density at radius 3 is 2.37 bits per heavy atom. The van der Waals surface area contributed by atoms with Crippen LogP contribution in [0.4, 0.5) is 0 Å². The molecule has 0 N–H and O–H groups in total. The van der Waals surface area contributed by atoms with Crippen LogP contribution in [0.25, 0.3) is 0 Å². The van der Waals surface area contributed by atoms with E-state index >= 15 is 0 Å². The van der Waals surface area contributed by atoms with Crippen molar-refractivity contribution in [1.82, 2.24) is 4.98 Å². The van der Waals surface area contributed by atoms with Crippen molar-refractivity contribution in [2.75, 3.05) is 0 Å². The van der Waals surface area contributed by atoms with Crippen molar-refractivity contribution in [2.45, 2.75) is 19.7 Å². The fourth-order valence-electron chi connectivity index (χ4n) is 1.73. The molecule has 0 saturated carbocycles. The number of hydrogen-bond donors (Lipinski definition) is 0. The highest BCUT2D eigenvalue weighted by atomic mass is 79.9. The molecule has 0 unspecified atom stereocenters. The molecule has 0 spiro atoms. The van der Waals surface area contributed by atoms with Crippen LogP contribution >= 0.6 is 43.5 Å². The number of halogens is 3. The van der Waals surface area contributed by atoms with E-state index in [1.807, 2.05) is 32.0 Å². The molecule has 5 heteroatoms. The Labute approximate surface area is 134 Å². The van der Waals surface area contributed by atoms with Gasteiger partial charge in [0.05, 0.1) is 5.88 Å². The van der Waals surface area contributed by atoms with Gasteiger partial charge in [-0.05, 0) is 59.1 Å². The minimum absolute atomic E-state index is 0.357. The molecule has 19 heavy (non-hydrogen) atoms. The highest BCUT2D eigenvalue weighted by Crippen LogP contribution is 2.31. The van der Waals surface area contributed by atoms with Crippen molar-refractivity contribution < 1.29 is 4.74 Å². The molecule has 2 aromatic rings. The van der Waals surface area contributed by atoms with E-state index in [4.69, 9.17) is 16.3 Å². The molecule has 1 aromatic carbocycles. The van der Waals surface area contributed by atoms with Gasteiger partial charge < -0.3 is 4.74 Å². The van der Waals surface area contributed by atoms with E-state index in [9.17, 15) is 0 Å². The zero-order valence-corrected chi connectivity index (χ0v) is 14.4. The molecule has 2 nitrogen and oxygen atoms in total. The summed E-state index contributed by atoms with van der Waals surface area (Å²) in [7, 11) is 0. The lowest BCUT2D eigenvalue weighted by molar-refractivity contribution is 0.457. The molecule has 0 radical (unpaired) electrons. The van der Waals surface area contributed by atoms with E-state index in [1.165, 1.54) is 0 Å². The van der Waals surface area contributed by atoms with Crippen LogP contribution in [0.3, 0.4) is 0 Å². The topological polar surface area (TPSA) is 22.1 Å². The monoisotopic (exact) mass is 403 g/mol. The van der Waals surface area contributed by atoms with Gasteiger partial charge in [0.15, 0.2) is 0 Å². The number of ether oxygens (including phenoxy) is 1. The van der Waals surface area contributed by atoms with E-state index in [-0.39, 0.29) is 0 Å². The van der Waals surface area contributed by atoms with Crippen molar-refractivity contribution in [1.29, 1.82) is 0 Å². The summed E-state index contributed by atoms with van der Waals surface area (Å²) in [6.07, 6.45) is 1.70. The number of rotatable bonds is 3. The van der Waals surface area contributed by atoms with E-state index in [2.05, 4.69) is 36.8 Å². The second-order valence-corrected chi connectivity index (χ2v) is 6.20. The maximum Gasteiger partial charge on any atom is 0.223 e. The molecule has 0 saturated heterocycles. The molecule has 0 aliphatic heterocycles. The summed E-state index contributed by atoms with van der Waals surface area (Å²) < 4.78 is 7.82. The fraction of sp³-hybridized carbons (Fsp3) is 0.214. The molecule has 0 aliphatic rings. The SMILES string of the molecule is Cc1cc(Oc2ncc(Br)cc2CCl)cc(C)c1Br. The van der Waals surface area contributed by atoms with Crippen LogP contribution in [-0.4, -0.2) is 4.98 Å². The first-order valence-electron chi connectivity index (χ1n) is 5.66. The van der Waals surface area contributed by atoms with Gasteiger partial charge in [-0.1, -0.05) is 15.9 Å². The zero-order chi connectivity index (χ0) is 14.0. The largest absolute Gasteiger partial charge is 0.439 e. The molecular formula is C14H12Br2ClNO. The van der Waals surface area contributed by atoms with E-state index in [1.54, 1.807) is 6.20 Å². The standard InChI is InChI=1S/C14H12Br2ClNO/c1-8-3-12(4-9(2)13(8)16)19-14-10(6-17)5-11(15)7-18-14/h3-5,7H,6H2,1-2H3. The van der Waals surface area contributed by atoms with Gasteiger partial charge in [0.1, 0.15) is 5.75 Å². The minimum atomic E-state index is 0.357. The predicted molar refractivity (Wildman–Crippen MR) is 85.2 cm³/mol. The number of aromatic nitrogens is 1. The molecule has 0 aliphatic carbocycles. The summed E-state index contributed by atoms with van der Waals surface area (Å²) in [5.74, 6) is 1.66. The van der Waals surface area contributed by atoms with Crippen molar-refractivity contribution in [2.24, 2.45) is 0 Å². The summed E-state index contributed by atoms with van der Waals surface area (Å²) in [6, 6.07) is 5.85. The molecule has 0 amide bonds. The molecule has 1 aromatic heterocycles. The van der Waals surface area contributed by atoms with Gasteiger partial charge in [-0.3, -0.25) is 0 Å². The number of nitrogens with zero attached hydrogens (tertiary/aromatic N) is 1. The third-order valence-electron chi connectivity index (χ3n) is 2.66. The van der Waals surface area contributed by atoms with Gasteiger partial charge in [0, 0.05) is 20.7 Å². The lowest BCUT2D eigenvalue weighted by Crippen LogP contribution is -1.94. The second-order valence-electron chi connectivity index (χ2n) is 4.22. The third kappa shape index (κ3) is 3.50. The maximum absolute atomic E-state index is 5.91. The predicted octanol–water partition coefficient (Wildman–Crippen LogP) is 5.75. The zero-order valence-electron chi connectivity index (χ0n) is 10.5.